The van der Waals surface area contributed by atoms with Crippen molar-refractivity contribution >= 4 is 26.8 Å². The van der Waals surface area contributed by atoms with Crippen molar-refractivity contribution in [2.75, 3.05) is 25.5 Å². The summed E-state index contributed by atoms with van der Waals surface area (Å²) in [7, 11) is -3.69. The van der Waals surface area contributed by atoms with Crippen molar-refractivity contribution in [1.29, 1.82) is 0 Å². The molecule has 1 aliphatic heterocycles. The zero-order chi connectivity index (χ0) is 32.9. The molecule has 0 radical (unpaired) electrons. The van der Waals surface area contributed by atoms with Crippen LogP contribution in [0.2, 0.25) is 0 Å². The lowest BCUT2D eigenvalue weighted by atomic mass is 10.0. The third-order valence-electron chi connectivity index (χ3n) is 9.40. The number of ether oxygens (including phenoxy) is 2. The van der Waals surface area contributed by atoms with Gasteiger partial charge < -0.3 is 20.5 Å². The Morgan fingerprint density at radius 1 is 0.891 bits per heavy atom. The van der Waals surface area contributed by atoms with Crippen molar-refractivity contribution in [1.82, 2.24) is 5.32 Å². The normalized spacial score (nSPS) is 17.3. The number of unbranched alkanes of at least 4 members (excludes halogenated alkanes) is 15. The molecule has 2 unspecified atom stereocenters. The van der Waals surface area contributed by atoms with Crippen molar-refractivity contribution in [3.63, 3.8) is 0 Å². The molecule has 1 aromatic carbocycles. The van der Waals surface area contributed by atoms with Crippen LogP contribution in [0, 0.1) is 0 Å². The van der Waals surface area contributed by atoms with E-state index in [4.69, 9.17) is 15.2 Å². The number of carbonyl (C=O) groups excluding carboxylic acids is 1. The van der Waals surface area contributed by atoms with Crippen LogP contribution in [-0.2, 0) is 25.9 Å². The van der Waals surface area contributed by atoms with Crippen LogP contribution in [0.25, 0.3) is 10.9 Å². The number of nitrogens with two attached hydrogens (primary N) is 1. The Hall–Kier alpha value is -2.23. The summed E-state index contributed by atoms with van der Waals surface area (Å²) in [6.45, 7) is 3.60. The summed E-state index contributed by atoms with van der Waals surface area (Å²) in [4.78, 5) is 12.4. The summed E-state index contributed by atoms with van der Waals surface area (Å²) < 4.78 is 40.0. The number of benzene rings is 1. The van der Waals surface area contributed by atoms with Gasteiger partial charge in [0.25, 0.3) is 0 Å². The highest BCUT2D eigenvalue weighted by molar-refractivity contribution is 7.92. The molecule has 2 atom stereocenters. The molecular weight excluding hydrogens is 598 g/mol. The largest absolute Gasteiger partial charge is 0.446 e. The number of fused-ring (bicyclic) bond motifs is 1. The maximum Gasteiger partial charge on any atom is 0.407 e. The zero-order valence-electron chi connectivity index (χ0n) is 28.6. The molecule has 1 aromatic heterocycles. The van der Waals surface area contributed by atoms with Gasteiger partial charge >= 0.3 is 6.09 Å². The predicted octanol–water partition coefficient (Wildman–Crippen LogP) is 7.75. The molecule has 1 amide bonds. The van der Waals surface area contributed by atoms with Crippen LogP contribution in [0.4, 0.5) is 4.79 Å². The van der Waals surface area contributed by atoms with Gasteiger partial charge in [-0.05, 0) is 31.4 Å². The predicted molar refractivity (Wildman–Crippen MR) is 187 cm³/mol. The number of sulfone groups is 1. The third kappa shape index (κ3) is 13.5. The van der Waals surface area contributed by atoms with Gasteiger partial charge in [0.05, 0.1) is 5.75 Å². The lowest BCUT2D eigenvalue weighted by Crippen LogP contribution is -2.56. The number of alkyl carbamates (subject to hydrolysis) is 1. The number of aromatic nitrogens is 1. The van der Waals surface area contributed by atoms with Crippen LogP contribution in [0.5, 0.6) is 0 Å². The maximum atomic E-state index is 13.3. The number of aryl methyl sites for hydroxylation is 1. The molecule has 0 saturated carbocycles. The first-order valence-electron chi connectivity index (χ1n) is 18.3. The number of nitrogens with zero attached hydrogens (tertiary/aromatic N) is 1. The number of pyridine rings is 1. The summed E-state index contributed by atoms with van der Waals surface area (Å²) >= 11 is 0. The molecule has 2 aromatic rings. The van der Waals surface area contributed by atoms with Crippen LogP contribution < -0.4 is 15.6 Å². The highest BCUT2D eigenvalue weighted by Crippen LogP contribution is 2.32. The first kappa shape index (κ1) is 38.2. The molecule has 1 aliphatic rings. The van der Waals surface area contributed by atoms with Gasteiger partial charge in [0, 0.05) is 37.1 Å². The number of hydrogen-bond acceptors (Lipinski definition) is 6. The average Bonchev–Trinajstić information content (AvgIpc) is 3.55. The van der Waals surface area contributed by atoms with Crippen molar-refractivity contribution in [3.8, 4) is 0 Å². The molecule has 3 N–H and O–H groups in total. The van der Waals surface area contributed by atoms with Gasteiger partial charge in [-0.15, -0.1) is 0 Å². The molecule has 1 saturated heterocycles. The van der Waals surface area contributed by atoms with Gasteiger partial charge in [-0.25, -0.2) is 13.2 Å². The van der Waals surface area contributed by atoms with Gasteiger partial charge in [-0.3, -0.25) is 0 Å². The molecule has 0 spiro atoms. The fraction of sp³-hybridized carbons (Fsp3) is 0.730. The van der Waals surface area contributed by atoms with E-state index in [1.807, 2.05) is 42.6 Å². The molecule has 0 aliphatic carbocycles. The van der Waals surface area contributed by atoms with Crippen LogP contribution >= 0.6 is 0 Å². The minimum absolute atomic E-state index is 0.0685. The Morgan fingerprint density at radius 2 is 1.48 bits per heavy atom. The van der Waals surface area contributed by atoms with E-state index in [1.54, 1.807) is 0 Å². The van der Waals surface area contributed by atoms with E-state index in [-0.39, 0.29) is 12.4 Å². The van der Waals surface area contributed by atoms with E-state index < -0.39 is 26.9 Å². The number of amides is 1. The highest BCUT2D eigenvalue weighted by Gasteiger charge is 2.48. The number of nitrogens with one attached hydrogen (secondary N) is 1. The van der Waals surface area contributed by atoms with Crippen molar-refractivity contribution < 1.29 is 27.3 Å². The van der Waals surface area contributed by atoms with E-state index >= 15 is 0 Å². The second-order valence-electron chi connectivity index (χ2n) is 13.2. The highest BCUT2D eigenvalue weighted by atomic mass is 32.2. The number of rotatable bonds is 25. The molecular formula is C37H62N3O5S+. The molecule has 1 fully saturated rings. The summed E-state index contributed by atoms with van der Waals surface area (Å²) in [5.74, 6) is -0.0685. The molecule has 2 heterocycles. The number of hydrogen-bond donors (Lipinski definition) is 2. The van der Waals surface area contributed by atoms with Crippen LogP contribution in [0.1, 0.15) is 129 Å². The lowest BCUT2D eigenvalue weighted by Gasteiger charge is -2.33. The topological polar surface area (TPSA) is 112 Å². The minimum Gasteiger partial charge on any atom is -0.446 e. The number of carbonyl (C=O) groups is 1. The quantitative estimate of drug-likeness (QED) is 0.0832. The standard InChI is InChI=1S/C37H61N3O5S/c1-2-3-4-5-6-7-8-9-10-11-12-13-14-15-16-19-27-39-36(41)44-32-37(26-21-30-45-37)35(38)46(42,43)31-22-29-40-28-20-24-33-23-17-18-25-34(33)40/h17-18,20,23-25,28,35H,2-16,19,21-22,26-27,29-32,38H2,1H3/p+1. The Kier molecular flexibility index (Phi) is 18.0. The Bertz CT molecular complexity index is 1230. The third-order valence-corrected chi connectivity index (χ3v) is 11.5. The van der Waals surface area contributed by atoms with Crippen LogP contribution in [0.15, 0.2) is 42.6 Å². The maximum absolute atomic E-state index is 13.3. The minimum atomic E-state index is -3.69. The van der Waals surface area contributed by atoms with E-state index in [1.165, 1.54) is 89.9 Å². The van der Waals surface area contributed by atoms with Crippen LogP contribution in [0.3, 0.4) is 0 Å². The van der Waals surface area contributed by atoms with E-state index in [2.05, 4.69) is 16.8 Å². The Balaban J connectivity index is 1.24. The Labute approximate surface area is 279 Å². The van der Waals surface area contributed by atoms with E-state index in [0.29, 0.717) is 39.0 Å². The molecule has 3 rings (SSSR count). The summed E-state index contributed by atoms with van der Waals surface area (Å²) in [6.07, 6.45) is 23.8. The summed E-state index contributed by atoms with van der Waals surface area (Å²) in [5, 5.41) is 2.66. The average molecular weight is 661 g/mol. The summed E-state index contributed by atoms with van der Waals surface area (Å²) in [5.41, 5.74) is 6.21. The van der Waals surface area contributed by atoms with Crippen molar-refractivity contribution in [3.05, 3.63) is 42.6 Å². The molecule has 9 heteroatoms. The summed E-state index contributed by atoms with van der Waals surface area (Å²) in [6, 6.07) is 12.0. The second kappa shape index (κ2) is 21.6. The molecule has 46 heavy (non-hydrogen) atoms. The monoisotopic (exact) mass is 660 g/mol. The van der Waals surface area contributed by atoms with Gasteiger partial charge in [0.2, 0.25) is 5.52 Å². The van der Waals surface area contributed by atoms with Crippen LogP contribution in [-0.4, -0.2) is 51.0 Å². The van der Waals surface area contributed by atoms with Gasteiger partial charge in [-0.2, -0.15) is 4.57 Å². The van der Waals surface area contributed by atoms with Crippen molar-refractivity contribution in [2.45, 2.75) is 146 Å². The smallest absolute Gasteiger partial charge is 0.407 e. The fourth-order valence-electron chi connectivity index (χ4n) is 6.55. The first-order chi connectivity index (χ1) is 22.4. The van der Waals surface area contributed by atoms with Gasteiger partial charge in [-0.1, -0.05) is 115 Å². The van der Waals surface area contributed by atoms with Gasteiger partial charge in [0.15, 0.2) is 16.0 Å². The molecule has 0 bridgehead atoms. The first-order valence-corrected chi connectivity index (χ1v) is 20.0. The molecule has 8 nitrogen and oxygen atoms in total. The zero-order valence-corrected chi connectivity index (χ0v) is 29.4. The molecule has 260 valence electrons. The SMILES string of the molecule is CCCCCCCCCCCCCCCCCCNC(=O)OCC1(C(N)S(=O)(=O)CCC[n+]2cccc3ccccc32)CCCO1. The van der Waals surface area contributed by atoms with Crippen molar-refractivity contribution in [2.24, 2.45) is 5.73 Å². The Morgan fingerprint density at radius 3 is 2.09 bits per heavy atom. The number of para-hydroxylation sites is 1. The van der Waals surface area contributed by atoms with E-state index in [0.717, 1.165) is 23.7 Å². The lowest BCUT2D eigenvalue weighted by molar-refractivity contribution is -0.671. The fourth-order valence-corrected chi connectivity index (χ4v) is 8.24. The second-order valence-corrected chi connectivity index (χ2v) is 15.5. The van der Waals surface area contributed by atoms with Gasteiger partial charge in [0.1, 0.15) is 24.1 Å². The van der Waals surface area contributed by atoms with E-state index in [9.17, 15) is 13.2 Å².